The predicted octanol–water partition coefficient (Wildman–Crippen LogP) is 3.38. The first-order chi connectivity index (χ1) is 12.8. The molecule has 26 heavy (non-hydrogen) atoms. The van der Waals surface area contributed by atoms with E-state index in [1.807, 2.05) is 36.4 Å². The molecule has 1 N–H and O–H groups in total. The van der Waals surface area contributed by atoms with Gasteiger partial charge in [-0.25, -0.2) is 0 Å². The van der Waals surface area contributed by atoms with E-state index in [4.69, 9.17) is 9.47 Å². The molecule has 0 bridgehead atoms. The zero-order valence-corrected chi connectivity index (χ0v) is 15.8. The molecule has 1 atom stereocenters. The molecule has 0 radical (unpaired) electrons. The first kappa shape index (κ1) is 18.6. The van der Waals surface area contributed by atoms with Gasteiger partial charge in [0.1, 0.15) is 5.75 Å². The van der Waals surface area contributed by atoms with Crippen LogP contribution in [0, 0.1) is 0 Å². The minimum absolute atomic E-state index is 0.0428. The fraction of sp³-hybridized carbons (Fsp3) is 0.182. The minimum Gasteiger partial charge on any atom is -0.467 e. The van der Waals surface area contributed by atoms with Crippen molar-refractivity contribution in [2.45, 2.75) is 13.0 Å². The Bertz CT molecular complexity index is 834. The van der Waals surface area contributed by atoms with Gasteiger partial charge in [-0.1, -0.05) is 81.4 Å². The Morgan fingerprint density at radius 2 is 1.50 bits per heavy atom. The molecule has 4 heteroatoms. The molecular formula is C22H23O3P. The summed E-state index contributed by atoms with van der Waals surface area (Å²) in [5.74, 6) is 0.879. The lowest BCUT2D eigenvalue weighted by molar-refractivity contribution is 0.0513. The number of ether oxygens (including phenoxy) is 2. The van der Waals surface area contributed by atoms with Crippen molar-refractivity contribution in [3.05, 3.63) is 89.5 Å². The molecule has 3 aromatic carbocycles. The molecule has 3 rings (SSSR count). The van der Waals surface area contributed by atoms with Gasteiger partial charge < -0.3 is 14.6 Å². The number of methoxy groups -OCH3 is 1. The monoisotopic (exact) mass is 366 g/mol. The molecule has 0 heterocycles. The Labute approximate surface area is 156 Å². The van der Waals surface area contributed by atoms with Crippen LogP contribution < -0.4 is 15.3 Å². The highest BCUT2D eigenvalue weighted by molar-refractivity contribution is 7.55. The van der Waals surface area contributed by atoms with Gasteiger partial charge >= 0.3 is 0 Å². The van der Waals surface area contributed by atoms with E-state index in [-0.39, 0.29) is 13.4 Å². The Morgan fingerprint density at radius 1 is 0.808 bits per heavy atom. The number of aliphatic hydroxyl groups excluding tert-OH is 1. The summed E-state index contributed by atoms with van der Waals surface area (Å²) in [6, 6.07) is 24.6. The highest BCUT2D eigenvalue weighted by Gasteiger charge is 2.13. The van der Waals surface area contributed by atoms with Crippen molar-refractivity contribution in [1.82, 2.24) is 0 Å². The van der Waals surface area contributed by atoms with Gasteiger partial charge in [-0.05, 0) is 22.0 Å². The maximum absolute atomic E-state index is 9.61. The second-order valence-electron chi connectivity index (χ2n) is 5.95. The van der Waals surface area contributed by atoms with Gasteiger partial charge in [0, 0.05) is 18.8 Å². The van der Waals surface area contributed by atoms with E-state index in [2.05, 4.69) is 36.4 Å². The van der Waals surface area contributed by atoms with E-state index in [1.54, 1.807) is 7.11 Å². The van der Waals surface area contributed by atoms with Crippen molar-refractivity contribution in [2.24, 2.45) is 0 Å². The van der Waals surface area contributed by atoms with Gasteiger partial charge in [0.15, 0.2) is 6.79 Å². The Balaban J connectivity index is 1.94. The highest BCUT2D eigenvalue weighted by Crippen LogP contribution is 2.27. The first-order valence-corrected chi connectivity index (χ1v) is 9.55. The van der Waals surface area contributed by atoms with Gasteiger partial charge in [0.25, 0.3) is 0 Å². The van der Waals surface area contributed by atoms with Crippen molar-refractivity contribution < 1.29 is 14.6 Å². The van der Waals surface area contributed by atoms with E-state index in [1.165, 1.54) is 5.56 Å². The molecule has 134 valence electrons. The minimum atomic E-state index is 0.0428. The second kappa shape index (κ2) is 9.49. The summed E-state index contributed by atoms with van der Waals surface area (Å²) < 4.78 is 11.1. The van der Waals surface area contributed by atoms with Gasteiger partial charge in [-0.3, -0.25) is 0 Å². The first-order valence-electron chi connectivity index (χ1n) is 8.55. The SMILES string of the molecule is COCOc1c(Cc2ccccc2)cccc1Pc1ccccc1CO. The molecule has 0 saturated carbocycles. The molecule has 0 aliphatic rings. The van der Waals surface area contributed by atoms with E-state index in [9.17, 15) is 5.11 Å². The van der Waals surface area contributed by atoms with Crippen LogP contribution in [0.4, 0.5) is 0 Å². The molecule has 0 aliphatic heterocycles. The van der Waals surface area contributed by atoms with Crippen LogP contribution in [-0.2, 0) is 17.8 Å². The Morgan fingerprint density at radius 3 is 2.27 bits per heavy atom. The highest BCUT2D eigenvalue weighted by atomic mass is 31.1. The average molecular weight is 366 g/mol. The molecule has 0 fully saturated rings. The Kier molecular flexibility index (Phi) is 6.79. The fourth-order valence-corrected chi connectivity index (χ4v) is 4.17. The third-order valence-corrected chi connectivity index (χ3v) is 5.53. The van der Waals surface area contributed by atoms with E-state index in [0.29, 0.717) is 8.58 Å². The molecule has 0 spiro atoms. The number of aliphatic hydroxyl groups is 1. The molecule has 0 saturated heterocycles. The predicted molar refractivity (Wildman–Crippen MR) is 108 cm³/mol. The molecule has 3 nitrogen and oxygen atoms in total. The number of hydrogen-bond donors (Lipinski definition) is 1. The topological polar surface area (TPSA) is 38.7 Å². The molecule has 1 unspecified atom stereocenters. The van der Waals surface area contributed by atoms with E-state index < -0.39 is 0 Å². The molecule has 0 amide bonds. The zero-order valence-electron chi connectivity index (χ0n) is 14.8. The van der Waals surface area contributed by atoms with Crippen LogP contribution in [0.5, 0.6) is 5.75 Å². The second-order valence-corrected chi connectivity index (χ2v) is 7.27. The summed E-state index contributed by atoms with van der Waals surface area (Å²) in [6.07, 6.45) is 0.805. The summed E-state index contributed by atoms with van der Waals surface area (Å²) >= 11 is 0. The normalized spacial score (nSPS) is 11.2. The average Bonchev–Trinajstić information content (AvgIpc) is 2.69. The van der Waals surface area contributed by atoms with Crippen LogP contribution >= 0.6 is 8.58 Å². The molecular weight excluding hydrogens is 343 g/mol. The van der Waals surface area contributed by atoms with Gasteiger partial charge in [0.2, 0.25) is 0 Å². The van der Waals surface area contributed by atoms with Crippen molar-refractivity contribution >= 4 is 19.2 Å². The zero-order chi connectivity index (χ0) is 18.2. The van der Waals surface area contributed by atoms with Crippen LogP contribution in [0.15, 0.2) is 72.8 Å². The fourth-order valence-electron chi connectivity index (χ4n) is 2.85. The quantitative estimate of drug-likeness (QED) is 0.491. The summed E-state index contributed by atoms with van der Waals surface area (Å²) in [6.45, 7) is 0.256. The van der Waals surface area contributed by atoms with Crippen molar-refractivity contribution in [3.63, 3.8) is 0 Å². The largest absolute Gasteiger partial charge is 0.467 e. The summed E-state index contributed by atoms with van der Waals surface area (Å²) in [5.41, 5.74) is 3.34. The maximum Gasteiger partial charge on any atom is 0.188 e. The van der Waals surface area contributed by atoms with Crippen molar-refractivity contribution in [1.29, 1.82) is 0 Å². The van der Waals surface area contributed by atoms with Crippen LogP contribution in [0.2, 0.25) is 0 Å². The van der Waals surface area contributed by atoms with Crippen molar-refractivity contribution in [2.75, 3.05) is 13.9 Å². The summed E-state index contributed by atoms with van der Waals surface area (Å²) in [5, 5.41) is 11.9. The number of rotatable bonds is 8. The molecule has 0 aromatic heterocycles. The number of benzene rings is 3. The van der Waals surface area contributed by atoms with Gasteiger partial charge in [-0.2, -0.15) is 0 Å². The lowest BCUT2D eigenvalue weighted by Gasteiger charge is -2.17. The van der Waals surface area contributed by atoms with E-state index in [0.717, 1.165) is 33.9 Å². The Hall–Kier alpha value is -2.19. The third-order valence-electron chi connectivity index (χ3n) is 4.11. The standard InChI is InChI=1S/C22H23O3P/c1-24-16-25-22-18(14-17-8-3-2-4-9-17)11-7-13-21(22)26-20-12-6-5-10-19(20)15-23/h2-13,23,26H,14-16H2,1H3. The number of para-hydroxylation sites is 1. The smallest absolute Gasteiger partial charge is 0.188 e. The summed E-state index contributed by atoms with van der Waals surface area (Å²) in [4.78, 5) is 0. The van der Waals surface area contributed by atoms with Crippen LogP contribution in [0.1, 0.15) is 16.7 Å². The lowest BCUT2D eigenvalue weighted by Crippen LogP contribution is -2.14. The lowest BCUT2D eigenvalue weighted by atomic mass is 10.0. The van der Waals surface area contributed by atoms with E-state index >= 15 is 0 Å². The van der Waals surface area contributed by atoms with Crippen LogP contribution in [0.25, 0.3) is 0 Å². The van der Waals surface area contributed by atoms with Crippen LogP contribution in [0.3, 0.4) is 0 Å². The summed E-state index contributed by atoms with van der Waals surface area (Å²) in [7, 11) is 2.04. The third kappa shape index (κ3) is 4.70. The van der Waals surface area contributed by atoms with Crippen molar-refractivity contribution in [3.8, 4) is 5.75 Å². The van der Waals surface area contributed by atoms with Crippen LogP contribution in [-0.4, -0.2) is 19.0 Å². The van der Waals surface area contributed by atoms with Gasteiger partial charge in [0.05, 0.1) is 6.61 Å². The van der Waals surface area contributed by atoms with Gasteiger partial charge in [-0.15, -0.1) is 0 Å². The molecule has 3 aromatic rings. The maximum atomic E-state index is 9.61. The number of hydrogen-bond acceptors (Lipinski definition) is 3. The molecule has 0 aliphatic carbocycles.